The molecule has 0 saturated heterocycles. The number of imidazole rings is 1. The Morgan fingerprint density at radius 1 is 1.33 bits per heavy atom. The number of benzene rings is 1. The Morgan fingerprint density at radius 3 is 2.90 bits per heavy atom. The number of hydrogen-bond donors (Lipinski definition) is 0. The largest absolute Gasteiger partial charge is 0.362 e. The Kier molecular flexibility index (Phi) is 4.74. The summed E-state index contributed by atoms with van der Waals surface area (Å²) in [6.45, 7) is 2.72. The van der Waals surface area contributed by atoms with Crippen molar-refractivity contribution in [3.05, 3.63) is 46.9 Å². The second kappa shape index (κ2) is 6.36. The quantitative estimate of drug-likeness (QED) is 0.538. The van der Waals surface area contributed by atoms with Gasteiger partial charge in [0.15, 0.2) is 0 Å². The molecule has 0 saturated carbocycles. The molecule has 0 unspecified atom stereocenters. The van der Waals surface area contributed by atoms with E-state index in [0.29, 0.717) is 13.2 Å². The first-order chi connectivity index (χ1) is 9.72. The van der Waals surface area contributed by atoms with E-state index >= 15 is 0 Å². The van der Waals surface area contributed by atoms with E-state index in [-0.39, 0.29) is 12.4 Å². The van der Waals surface area contributed by atoms with E-state index in [2.05, 4.69) is 10.9 Å². The van der Waals surface area contributed by atoms with Gasteiger partial charge in [-0.2, -0.15) is 0 Å². The third-order valence-electron chi connectivity index (χ3n) is 3.32. The molecule has 21 heavy (non-hydrogen) atoms. The lowest BCUT2D eigenvalue weighted by Gasteiger charge is -2.05. The van der Waals surface area contributed by atoms with Gasteiger partial charge >= 0.3 is 0 Å². The fourth-order valence-corrected chi connectivity index (χ4v) is 2.60. The highest BCUT2D eigenvalue weighted by atomic mass is 35.5. The average Bonchev–Trinajstić information content (AvgIpc) is 2.76. The maximum absolute atomic E-state index is 6.22. The van der Waals surface area contributed by atoms with Crippen LogP contribution in [-0.4, -0.2) is 16.0 Å². The maximum Gasteiger partial charge on any atom is 0.145 e. The molecule has 2 aromatic heterocycles. The first kappa shape index (κ1) is 15.7. The molecule has 0 spiro atoms. The number of pyridine rings is 1. The van der Waals surface area contributed by atoms with E-state index < -0.39 is 0 Å². The molecule has 3 nitrogen and oxygen atoms in total. The van der Waals surface area contributed by atoms with Gasteiger partial charge in [0.1, 0.15) is 12.3 Å². The highest BCUT2D eigenvalue weighted by Gasteiger charge is 2.12. The molecule has 0 radical (unpaired) electrons. The van der Waals surface area contributed by atoms with E-state index in [4.69, 9.17) is 22.8 Å². The first-order valence-electron chi connectivity index (χ1n) is 6.28. The van der Waals surface area contributed by atoms with Gasteiger partial charge in [-0.3, -0.25) is 0 Å². The zero-order valence-electron chi connectivity index (χ0n) is 11.5. The molecule has 0 aliphatic carbocycles. The number of terminal acetylenes is 1. The minimum Gasteiger partial charge on any atom is -0.362 e. The molecule has 108 valence electrons. The zero-order chi connectivity index (χ0) is 14.1. The van der Waals surface area contributed by atoms with Crippen LogP contribution in [0, 0.1) is 19.3 Å². The molecule has 2 heterocycles. The summed E-state index contributed by atoms with van der Waals surface area (Å²) in [6.07, 6.45) is 7.17. The van der Waals surface area contributed by atoms with E-state index in [1.807, 2.05) is 41.8 Å². The average molecular weight is 321 g/mol. The molecule has 0 atom stereocenters. The predicted molar refractivity (Wildman–Crippen MR) is 88.2 cm³/mol. The van der Waals surface area contributed by atoms with Crippen LogP contribution in [0.4, 0.5) is 0 Å². The first-order valence-corrected chi connectivity index (χ1v) is 6.66. The van der Waals surface area contributed by atoms with Crippen LogP contribution < -0.4 is 0 Å². The molecule has 0 fully saturated rings. The third kappa shape index (κ3) is 2.71. The summed E-state index contributed by atoms with van der Waals surface area (Å²) in [7, 11) is 0. The second-order valence-electron chi connectivity index (χ2n) is 4.55. The number of ether oxygens (including phenoxy) is 1. The summed E-state index contributed by atoms with van der Waals surface area (Å²) < 4.78 is 7.46. The lowest BCUT2D eigenvalue weighted by atomic mass is 10.2. The van der Waals surface area contributed by atoms with Gasteiger partial charge in [-0.15, -0.1) is 18.8 Å². The third-order valence-corrected chi connectivity index (χ3v) is 3.65. The van der Waals surface area contributed by atoms with Crippen LogP contribution in [0.25, 0.3) is 16.4 Å². The van der Waals surface area contributed by atoms with Crippen LogP contribution >= 0.6 is 24.0 Å². The Bertz CT molecular complexity index is 834. The van der Waals surface area contributed by atoms with Crippen LogP contribution in [0.2, 0.25) is 5.02 Å². The van der Waals surface area contributed by atoms with Gasteiger partial charge < -0.3 is 9.14 Å². The summed E-state index contributed by atoms with van der Waals surface area (Å²) in [5, 5.41) is 2.77. The lowest BCUT2D eigenvalue weighted by molar-refractivity contribution is 0.149. The van der Waals surface area contributed by atoms with Crippen molar-refractivity contribution in [2.24, 2.45) is 0 Å². The normalized spacial score (nSPS) is 10.5. The van der Waals surface area contributed by atoms with Crippen molar-refractivity contribution in [3.63, 3.8) is 0 Å². The van der Waals surface area contributed by atoms with Crippen LogP contribution in [0.1, 0.15) is 11.4 Å². The van der Waals surface area contributed by atoms with Crippen molar-refractivity contribution in [3.8, 4) is 12.3 Å². The van der Waals surface area contributed by atoms with Crippen LogP contribution in [0.15, 0.2) is 30.5 Å². The smallest absolute Gasteiger partial charge is 0.145 e. The van der Waals surface area contributed by atoms with Gasteiger partial charge in [0, 0.05) is 22.0 Å². The zero-order valence-corrected chi connectivity index (χ0v) is 13.0. The highest BCUT2D eigenvalue weighted by molar-refractivity contribution is 6.35. The number of rotatable bonds is 3. The molecule has 3 aromatic rings. The van der Waals surface area contributed by atoms with Crippen molar-refractivity contribution in [2.45, 2.75) is 13.5 Å². The van der Waals surface area contributed by atoms with Crippen molar-refractivity contribution >= 4 is 40.4 Å². The van der Waals surface area contributed by atoms with E-state index in [1.54, 1.807) is 0 Å². The highest BCUT2D eigenvalue weighted by Crippen LogP contribution is 2.27. The summed E-state index contributed by atoms with van der Waals surface area (Å²) in [6, 6.07) is 7.84. The molecule has 5 heteroatoms. The van der Waals surface area contributed by atoms with Crippen molar-refractivity contribution in [2.75, 3.05) is 6.61 Å². The fraction of sp³-hybridized carbons (Fsp3) is 0.188. The number of halogens is 2. The van der Waals surface area contributed by atoms with E-state index in [1.165, 1.54) is 0 Å². The molecular formula is C16H14Cl2N2O. The molecule has 0 aliphatic rings. The number of fused-ring (bicyclic) bond motifs is 3. The van der Waals surface area contributed by atoms with Crippen molar-refractivity contribution in [1.82, 2.24) is 9.38 Å². The second-order valence-corrected chi connectivity index (χ2v) is 4.96. The Hall–Kier alpha value is -1.73. The Morgan fingerprint density at radius 2 is 2.14 bits per heavy atom. The van der Waals surface area contributed by atoms with Gasteiger partial charge in [-0.05, 0) is 19.1 Å². The van der Waals surface area contributed by atoms with Crippen LogP contribution in [-0.2, 0) is 11.3 Å². The number of nitrogens with zero attached hydrogens (tertiary/aromatic N) is 2. The van der Waals surface area contributed by atoms with Crippen molar-refractivity contribution in [1.29, 1.82) is 0 Å². The summed E-state index contributed by atoms with van der Waals surface area (Å²) in [4.78, 5) is 4.63. The standard InChI is InChI=1S/C16H13ClN2O.ClH/c1-3-9-20-10-15-11(2)18-16-13-5-4-6-14(17)12(13)7-8-19(15)16;/h1,4-8H,9-10H2,2H3;1H. The molecule has 0 amide bonds. The fourth-order valence-electron chi connectivity index (χ4n) is 2.36. The van der Waals surface area contributed by atoms with E-state index in [9.17, 15) is 0 Å². The number of aryl methyl sites for hydroxylation is 1. The molecule has 1 aromatic carbocycles. The van der Waals surface area contributed by atoms with Crippen LogP contribution in [0.3, 0.4) is 0 Å². The van der Waals surface area contributed by atoms with Gasteiger partial charge in [0.2, 0.25) is 0 Å². The SMILES string of the molecule is C#CCOCc1c(C)nc2c3cccc(Cl)c3ccn12.Cl. The molecule has 0 bridgehead atoms. The number of aromatic nitrogens is 2. The maximum atomic E-state index is 6.22. The summed E-state index contributed by atoms with van der Waals surface area (Å²) >= 11 is 6.22. The number of hydrogen-bond acceptors (Lipinski definition) is 2. The predicted octanol–water partition coefficient (Wildman–Crippen LogP) is 4.02. The van der Waals surface area contributed by atoms with E-state index in [0.717, 1.165) is 32.8 Å². The van der Waals surface area contributed by atoms with Gasteiger partial charge in [0.25, 0.3) is 0 Å². The Labute approximate surface area is 134 Å². The molecule has 3 rings (SSSR count). The van der Waals surface area contributed by atoms with Gasteiger partial charge in [0.05, 0.1) is 18.0 Å². The minimum absolute atomic E-state index is 0. The summed E-state index contributed by atoms with van der Waals surface area (Å²) in [5.41, 5.74) is 2.84. The topological polar surface area (TPSA) is 26.5 Å². The van der Waals surface area contributed by atoms with Gasteiger partial charge in [-0.25, -0.2) is 4.98 Å². The lowest BCUT2D eigenvalue weighted by Crippen LogP contribution is -1.99. The summed E-state index contributed by atoms with van der Waals surface area (Å²) in [5.74, 6) is 2.47. The molecule has 0 aliphatic heterocycles. The monoisotopic (exact) mass is 320 g/mol. The Balaban J connectivity index is 0.00000161. The molecule has 0 N–H and O–H groups in total. The van der Waals surface area contributed by atoms with Gasteiger partial charge in [-0.1, -0.05) is 29.7 Å². The van der Waals surface area contributed by atoms with Crippen LogP contribution in [0.5, 0.6) is 0 Å². The molecular weight excluding hydrogens is 307 g/mol. The van der Waals surface area contributed by atoms with Crippen molar-refractivity contribution < 1.29 is 4.74 Å². The minimum atomic E-state index is 0.